The number of aromatic amines is 1. The van der Waals surface area contributed by atoms with Crippen molar-refractivity contribution >= 4 is 40.5 Å². The van der Waals surface area contributed by atoms with Crippen LogP contribution in [0.5, 0.6) is 0 Å². The van der Waals surface area contributed by atoms with Crippen molar-refractivity contribution in [3.63, 3.8) is 0 Å². The lowest BCUT2D eigenvalue weighted by Gasteiger charge is -2.25. The Hall–Kier alpha value is -3.93. The van der Waals surface area contributed by atoms with Crippen molar-refractivity contribution in [3.05, 3.63) is 36.0 Å². The highest BCUT2D eigenvalue weighted by Gasteiger charge is 2.31. The average molecular weight is 503 g/mol. The Bertz CT molecular complexity index is 1110. The number of para-hydroxylation sites is 1. The second-order valence-electron chi connectivity index (χ2n) is 9.05. The zero-order valence-corrected chi connectivity index (χ0v) is 20.5. The summed E-state index contributed by atoms with van der Waals surface area (Å²) in [6.45, 7) is 4.71. The van der Waals surface area contributed by atoms with Gasteiger partial charge in [-0.25, -0.2) is 4.79 Å². The molecule has 4 amide bonds. The van der Waals surface area contributed by atoms with Crippen molar-refractivity contribution in [2.45, 2.75) is 64.2 Å². The number of aliphatic carboxylic acids is 1. The van der Waals surface area contributed by atoms with E-state index in [0.717, 1.165) is 16.5 Å². The molecule has 0 bridgehead atoms. The van der Waals surface area contributed by atoms with Gasteiger partial charge in [-0.2, -0.15) is 0 Å². The maximum absolute atomic E-state index is 13.3. The SMILES string of the molecule is CC(N)C(=O)NC(Cc1c[nH]c2ccccc12)C(=O)NC(CCC(N)=O)C(=O)NC(C(=O)O)C(C)C. The molecule has 0 spiro atoms. The third kappa shape index (κ3) is 7.80. The fraction of sp³-hybridized carbons (Fsp3) is 0.458. The molecule has 0 aliphatic carbocycles. The number of amides is 4. The van der Waals surface area contributed by atoms with Crippen LogP contribution in [0.15, 0.2) is 30.5 Å². The van der Waals surface area contributed by atoms with Crippen molar-refractivity contribution in [1.29, 1.82) is 0 Å². The average Bonchev–Trinajstić information content (AvgIpc) is 3.21. The van der Waals surface area contributed by atoms with E-state index in [-0.39, 0.29) is 19.3 Å². The van der Waals surface area contributed by atoms with E-state index in [1.807, 2.05) is 24.3 Å². The lowest BCUT2D eigenvalue weighted by molar-refractivity contribution is -0.143. The third-order valence-corrected chi connectivity index (χ3v) is 5.69. The minimum Gasteiger partial charge on any atom is -0.480 e. The van der Waals surface area contributed by atoms with Crippen molar-refractivity contribution in [3.8, 4) is 0 Å². The Morgan fingerprint density at radius 1 is 0.944 bits per heavy atom. The molecule has 12 heteroatoms. The van der Waals surface area contributed by atoms with E-state index in [0.29, 0.717) is 0 Å². The Morgan fingerprint density at radius 3 is 2.14 bits per heavy atom. The largest absolute Gasteiger partial charge is 0.480 e. The molecule has 0 aliphatic heterocycles. The number of benzene rings is 1. The molecule has 1 aromatic carbocycles. The number of carboxylic acids is 1. The topological polar surface area (TPSA) is 209 Å². The van der Waals surface area contributed by atoms with Crippen molar-refractivity contribution in [1.82, 2.24) is 20.9 Å². The minimum absolute atomic E-state index is 0.0855. The molecule has 4 unspecified atom stereocenters. The summed E-state index contributed by atoms with van der Waals surface area (Å²) in [5.41, 5.74) is 12.5. The summed E-state index contributed by atoms with van der Waals surface area (Å²) in [5, 5.41) is 17.8. The van der Waals surface area contributed by atoms with Crippen LogP contribution < -0.4 is 27.4 Å². The highest BCUT2D eigenvalue weighted by atomic mass is 16.4. The normalized spacial score (nSPS) is 14.5. The van der Waals surface area contributed by atoms with Gasteiger partial charge in [0.1, 0.15) is 18.1 Å². The smallest absolute Gasteiger partial charge is 0.326 e. The van der Waals surface area contributed by atoms with Crippen molar-refractivity contribution < 1.29 is 29.1 Å². The molecule has 0 saturated carbocycles. The summed E-state index contributed by atoms with van der Waals surface area (Å²) < 4.78 is 0. The second kappa shape index (κ2) is 12.7. The van der Waals surface area contributed by atoms with Gasteiger partial charge in [0.15, 0.2) is 0 Å². The van der Waals surface area contributed by atoms with Gasteiger partial charge in [-0.1, -0.05) is 32.0 Å². The molecular formula is C24H34N6O6. The molecule has 4 atom stereocenters. The molecule has 2 rings (SSSR count). The van der Waals surface area contributed by atoms with Gasteiger partial charge in [0, 0.05) is 29.9 Å². The number of nitrogens with one attached hydrogen (secondary N) is 4. The van der Waals surface area contributed by atoms with Gasteiger partial charge in [0.2, 0.25) is 23.6 Å². The van der Waals surface area contributed by atoms with Gasteiger partial charge in [0.25, 0.3) is 0 Å². The van der Waals surface area contributed by atoms with Crippen LogP contribution in [0.2, 0.25) is 0 Å². The molecule has 1 heterocycles. The predicted molar refractivity (Wildman–Crippen MR) is 132 cm³/mol. The van der Waals surface area contributed by atoms with E-state index in [4.69, 9.17) is 11.5 Å². The Kier molecular flexibility index (Phi) is 9.97. The number of nitrogens with two attached hydrogens (primary N) is 2. The van der Waals surface area contributed by atoms with Gasteiger partial charge in [-0.15, -0.1) is 0 Å². The summed E-state index contributed by atoms with van der Waals surface area (Å²) in [7, 11) is 0. The first-order valence-corrected chi connectivity index (χ1v) is 11.6. The van der Waals surface area contributed by atoms with Crippen LogP contribution in [0, 0.1) is 5.92 Å². The second-order valence-corrected chi connectivity index (χ2v) is 9.05. The van der Waals surface area contributed by atoms with Gasteiger partial charge in [-0.3, -0.25) is 19.2 Å². The van der Waals surface area contributed by atoms with Crippen LogP contribution in [0.4, 0.5) is 0 Å². The van der Waals surface area contributed by atoms with E-state index in [1.165, 1.54) is 6.92 Å². The molecule has 1 aromatic heterocycles. The number of hydrogen-bond donors (Lipinski definition) is 7. The number of aromatic nitrogens is 1. The number of fused-ring (bicyclic) bond motifs is 1. The van der Waals surface area contributed by atoms with Gasteiger partial charge < -0.3 is 37.5 Å². The zero-order valence-electron chi connectivity index (χ0n) is 20.5. The first-order chi connectivity index (χ1) is 16.9. The number of primary amides is 1. The maximum atomic E-state index is 13.3. The maximum Gasteiger partial charge on any atom is 0.326 e. The molecule has 0 fully saturated rings. The quantitative estimate of drug-likeness (QED) is 0.191. The number of carbonyl (C=O) groups excluding carboxylic acids is 4. The molecule has 0 radical (unpaired) electrons. The standard InChI is InChI=1S/C24H34N6O6/c1-12(2)20(24(35)36)30-22(33)17(8-9-19(26)31)28-23(34)18(29-21(32)13(3)25)10-14-11-27-16-7-5-4-6-15(14)16/h4-7,11-13,17-18,20,27H,8-10,25H2,1-3H3,(H2,26,31)(H,28,34)(H,29,32)(H,30,33)(H,35,36). The first-order valence-electron chi connectivity index (χ1n) is 11.6. The molecule has 196 valence electrons. The molecule has 0 aliphatic rings. The zero-order chi connectivity index (χ0) is 27.0. The Labute approximate surface area is 208 Å². The van der Waals surface area contributed by atoms with Gasteiger partial charge >= 0.3 is 5.97 Å². The van der Waals surface area contributed by atoms with E-state index in [9.17, 15) is 29.1 Å². The molecule has 0 saturated heterocycles. The van der Waals surface area contributed by atoms with E-state index in [1.54, 1.807) is 20.0 Å². The van der Waals surface area contributed by atoms with E-state index in [2.05, 4.69) is 20.9 Å². The molecule has 2 aromatic rings. The summed E-state index contributed by atoms with van der Waals surface area (Å²) >= 11 is 0. The highest BCUT2D eigenvalue weighted by molar-refractivity contribution is 5.95. The van der Waals surface area contributed by atoms with Crippen LogP contribution in [-0.2, 0) is 30.4 Å². The van der Waals surface area contributed by atoms with Crippen molar-refractivity contribution in [2.24, 2.45) is 17.4 Å². The lowest BCUT2D eigenvalue weighted by atomic mass is 10.0. The molecule has 9 N–H and O–H groups in total. The number of H-pyrrole nitrogens is 1. The van der Waals surface area contributed by atoms with Crippen LogP contribution in [0.25, 0.3) is 10.9 Å². The summed E-state index contributed by atoms with van der Waals surface area (Å²) in [6, 6.07) is 2.97. The Morgan fingerprint density at radius 2 is 1.56 bits per heavy atom. The molecule has 12 nitrogen and oxygen atoms in total. The highest BCUT2D eigenvalue weighted by Crippen LogP contribution is 2.19. The van der Waals surface area contributed by atoms with Crippen LogP contribution in [0.1, 0.15) is 39.2 Å². The molecular weight excluding hydrogens is 468 g/mol. The predicted octanol–water partition coefficient (Wildman–Crippen LogP) is -0.482. The lowest BCUT2D eigenvalue weighted by Crippen LogP contribution is -2.58. The van der Waals surface area contributed by atoms with Crippen LogP contribution in [0.3, 0.4) is 0 Å². The van der Waals surface area contributed by atoms with Crippen molar-refractivity contribution in [2.75, 3.05) is 0 Å². The van der Waals surface area contributed by atoms with E-state index >= 15 is 0 Å². The summed E-state index contributed by atoms with van der Waals surface area (Å²) in [4.78, 5) is 64.5. The summed E-state index contributed by atoms with van der Waals surface area (Å²) in [6.07, 6.45) is 1.43. The molecule has 36 heavy (non-hydrogen) atoms. The van der Waals surface area contributed by atoms with Crippen LogP contribution >= 0.6 is 0 Å². The number of carbonyl (C=O) groups is 5. The van der Waals surface area contributed by atoms with Gasteiger partial charge in [-0.05, 0) is 30.9 Å². The van der Waals surface area contributed by atoms with Gasteiger partial charge in [0.05, 0.1) is 6.04 Å². The number of rotatable bonds is 13. The number of hydrogen-bond acceptors (Lipinski definition) is 6. The third-order valence-electron chi connectivity index (χ3n) is 5.69. The fourth-order valence-electron chi connectivity index (χ4n) is 3.63. The Balaban J connectivity index is 2.29. The van der Waals surface area contributed by atoms with E-state index < -0.39 is 59.7 Å². The minimum atomic E-state index is -1.26. The summed E-state index contributed by atoms with van der Waals surface area (Å²) in [5.74, 6) is -4.41. The monoisotopic (exact) mass is 502 g/mol. The fourth-order valence-corrected chi connectivity index (χ4v) is 3.63. The first kappa shape index (κ1) is 28.3. The van der Waals surface area contributed by atoms with Crippen LogP contribution in [-0.4, -0.2) is 63.9 Å². The number of carboxylic acid groups (broad SMARTS) is 1.